The van der Waals surface area contributed by atoms with Crippen molar-refractivity contribution in [1.29, 1.82) is 0 Å². The van der Waals surface area contributed by atoms with Crippen LogP contribution in [0.5, 0.6) is 11.5 Å². The van der Waals surface area contributed by atoms with Gasteiger partial charge < -0.3 is 9.64 Å². The number of nitro groups is 1. The summed E-state index contributed by atoms with van der Waals surface area (Å²) in [7, 11) is -4.15. The number of para-hydroxylation sites is 2. The molecule has 3 aromatic carbocycles. The number of sulfonamides is 1. The van der Waals surface area contributed by atoms with Crippen LogP contribution in [-0.4, -0.2) is 25.8 Å². The van der Waals surface area contributed by atoms with Gasteiger partial charge in [-0.1, -0.05) is 18.2 Å². The van der Waals surface area contributed by atoms with Gasteiger partial charge >= 0.3 is 0 Å². The summed E-state index contributed by atoms with van der Waals surface area (Å²) in [5.41, 5.74) is 0.959. The number of fused-ring (bicyclic) bond motifs is 2. The van der Waals surface area contributed by atoms with Crippen LogP contribution in [0.25, 0.3) is 0 Å². The number of hydrogen-bond acceptors (Lipinski definition) is 6. The third-order valence-electron chi connectivity index (χ3n) is 5.07. The molecule has 164 valence electrons. The molecule has 0 bridgehead atoms. The fraction of sp³-hybridized carbons (Fsp3) is 0.136. The number of rotatable bonds is 5. The molecule has 32 heavy (non-hydrogen) atoms. The summed E-state index contributed by atoms with van der Waals surface area (Å²) in [4.78, 5) is 24.9. The van der Waals surface area contributed by atoms with E-state index in [1.165, 1.54) is 30.3 Å². The van der Waals surface area contributed by atoms with Crippen LogP contribution in [0, 0.1) is 17.0 Å². The SMILES string of the molecule is CCN1C(=O)c2cc(NS(=O)(=O)c3cc([N+](=O)[O-])ccc3C)ccc2Oc2ccccc21. The number of hydrogen-bond donors (Lipinski definition) is 1. The van der Waals surface area contributed by atoms with Crippen molar-refractivity contribution in [2.75, 3.05) is 16.2 Å². The summed E-state index contributed by atoms with van der Waals surface area (Å²) in [6.45, 7) is 3.77. The first-order valence-electron chi connectivity index (χ1n) is 9.72. The summed E-state index contributed by atoms with van der Waals surface area (Å²) in [6.07, 6.45) is 0. The van der Waals surface area contributed by atoms with Crippen LogP contribution in [0.15, 0.2) is 65.6 Å². The molecule has 3 aromatic rings. The van der Waals surface area contributed by atoms with Crippen molar-refractivity contribution in [2.45, 2.75) is 18.7 Å². The summed E-state index contributed by atoms with van der Waals surface area (Å²) < 4.78 is 34.2. The lowest BCUT2D eigenvalue weighted by atomic mass is 10.1. The molecule has 0 aromatic heterocycles. The molecular weight excluding hydrogens is 434 g/mol. The average Bonchev–Trinajstić information content (AvgIpc) is 2.87. The van der Waals surface area contributed by atoms with Gasteiger partial charge in [0.15, 0.2) is 5.75 Å². The highest BCUT2D eigenvalue weighted by atomic mass is 32.2. The molecule has 1 aliphatic heterocycles. The minimum Gasteiger partial charge on any atom is -0.454 e. The van der Waals surface area contributed by atoms with Crippen LogP contribution in [-0.2, 0) is 10.0 Å². The predicted molar refractivity (Wildman–Crippen MR) is 119 cm³/mol. The molecule has 0 atom stereocenters. The van der Waals surface area contributed by atoms with Gasteiger partial charge in [-0.25, -0.2) is 8.42 Å². The Kier molecular flexibility index (Phi) is 5.31. The molecule has 10 heteroatoms. The molecule has 0 fully saturated rings. The van der Waals surface area contributed by atoms with E-state index in [0.717, 1.165) is 6.07 Å². The molecule has 0 radical (unpaired) electrons. The van der Waals surface area contributed by atoms with E-state index in [2.05, 4.69) is 4.72 Å². The number of carbonyl (C=O) groups is 1. The summed E-state index contributed by atoms with van der Waals surface area (Å²) in [5.74, 6) is 0.481. The first kappa shape index (κ1) is 21.3. The second kappa shape index (κ2) is 7.97. The van der Waals surface area contributed by atoms with Gasteiger partial charge in [-0.05, 0) is 49.7 Å². The number of aryl methyl sites for hydroxylation is 1. The van der Waals surface area contributed by atoms with Crippen LogP contribution in [0.2, 0.25) is 0 Å². The first-order valence-corrected chi connectivity index (χ1v) is 11.2. The highest BCUT2D eigenvalue weighted by Gasteiger charge is 2.28. The van der Waals surface area contributed by atoms with Crippen LogP contribution in [0.1, 0.15) is 22.8 Å². The predicted octanol–water partition coefficient (Wildman–Crippen LogP) is 4.48. The van der Waals surface area contributed by atoms with Gasteiger partial charge in [0.25, 0.3) is 21.6 Å². The van der Waals surface area contributed by atoms with Gasteiger partial charge in [-0.3, -0.25) is 19.6 Å². The number of nitro benzene ring substituents is 1. The quantitative estimate of drug-likeness (QED) is 0.449. The van der Waals surface area contributed by atoms with E-state index in [0.29, 0.717) is 29.3 Å². The summed E-state index contributed by atoms with van der Waals surface area (Å²) >= 11 is 0. The Bertz CT molecular complexity index is 1350. The molecule has 0 saturated carbocycles. The minimum absolute atomic E-state index is 0.133. The van der Waals surface area contributed by atoms with Crippen molar-refractivity contribution in [3.05, 3.63) is 81.9 Å². The van der Waals surface area contributed by atoms with Crippen LogP contribution >= 0.6 is 0 Å². The zero-order chi connectivity index (χ0) is 23.0. The lowest BCUT2D eigenvalue weighted by Crippen LogP contribution is -2.29. The fourth-order valence-corrected chi connectivity index (χ4v) is 4.82. The Labute approximate surface area is 184 Å². The van der Waals surface area contributed by atoms with Crippen molar-refractivity contribution in [1.82, 2.24) is 0 Å². The number of amides is 1. The molecule has 1 N–H and O–H groups in total. The van der Waals surface area contributed by atoms with Gasteiger partial charge in [-0.2, -0.15) is 0 Å². The molecule has 4 rings (SSSR count). The van der Waals surface area contributed by atoms with E-state index in [9.17, 15) is 23.3 Å². The minimum atomic E-state index is -4.15. The highest BCUT2D eigenvalue weighted by molar-refractivity contribution is 7.92. The second-order valence-electron chi connectivity index (χ2n) is 7.14. The maximum atomic E-state index is 13.2. The number of nitrogens with one attached hydrogen (secondary N) is 1. The maximum absolute atomic E-state index is 13.2. The lowest BCUT2D eigenvalue weighted by molar-refractivity contribution is -0.385. The number of non-ortho nitro benzene ring substituents is 1. The maximum Gasteiger partial charge on any atom is 0.270 e. The van der Waals surface area contributed by atoms with Crippen LogP contribution in [0.4, 0.5) is 17.1 Å². The largest absolute Gasteiger partial charge is 0.454 e. The van der Waals surface area contributed by atoms with Gasteiger partial charge in [-0.15, -0.1) is 0 Å². The molecule has 0 unspecified atom stereocenters. The monoisotopic (exact) mass is 453 g/mol. The fourth-order valence-electron chi connectivity index (χ4n) is 3.51. The van der Waals surface area contributed by atoms with Crippen LogP contribution in [0.3, 0.4) is 0 Å². The Balaban J connectivity index is 1.73. The third-order valence-corrected chi connectivity index (χ3v) is 6.59. The zero-order valence-corrected chi connectivity index (χ0v) is 18.0. The van der Waals surface area contributed by atoms with Gasteiger partial charge in [0.2, 0.25) is 0 Å². The Morgan fingerprint density at radius 1 is 1.06 bits per heavy atom. The second-order valence-corrected chi connectivity index (χ2v) is 8.79. The van der Waals surface area contributed by atoms with Gasteiger partial charge in [0, 0.05) is 24.4 Å². The van der Waals surface area contributed by atoms with E-state index in [-0.39, 0.29) is 27.7 Å². The van der Waals surface area contributed by atoms with Crippen molar-refractivity contribution in [3.8, 4) is 11.5 Å². The number of ether oxygens (including phenoxy) is 1. The van der Waals surface area contributed by atoms with Crippen molar-refractivity contribution < 1.29 is 22.9 Å². The Morgan fingerprint density at radius 3 is 2.53 bits per heavy atom. The molecule has 0 spiro atoms. The highest BCUT2D eigenvalue weighted by Crippen LogP contribution is 2.39. The summed E-state index contributed by atoms with van der Waals surface area (Å²) in [5, 5.41) is 11.1. The van der Waals surface area contributed by atoms with Crippen molar-refractivity contribution >= 4 is 33.0 Å². The molecule has 9 nitrogen and oxygen atoms in total. The zero-order valence-electron chi connectivity index (χ0n) is 17.2. The van der Waals surface area contributed by atoms with Crippen molar-refractivity contribution in [3.63, 3.8) is 0 Å². The molecule has 1 amide bonds. The summed E-state index contributed by atoms with van der Waals surface area (Å²) in [6, 6.07) is 15.1. The van der Waals surface area contributed by atoms with E-state index in [4.69, 9.17) is 4.74 Å². The molecule has 0 aliphatic carbocycles. The topological polar surface area (TPSA) is 119 Å². The van der Waals surface area contributed by atoms with E-state index in [1.807, 2.05) is 6.92 Å². The standard InChI is InChI=1S/C22H19N3O6S/c1-3-24-18-6-4-5-7-20(18)31-19-11-9-15(12-17(19)22(24)26)23-32(29,30)21-13-16(25(27)28)10-8-14(21)2/h4-13,23H,3H2,1-2H3. The number of nitrogens with zero attached hydrogens (tertiary/aromatic N) is 2. The van der Waals surface area contributed by atoms with Crippen LogP contribution < -0.4 is 14.4 Å². The number of benzene rings is 3. The molecular formula is C22H19N3O6S. The van der Waals surface area contributed by atoms with Gasteiger partial charge in [0.1, 0.15) is 5.75 Å². The van der Waals surface area contributed by atoms with Crippen molar-refractivity contribution in [2.24, 2.45) is 0 Å². The normalized spacial score (nSPS) is 12.9. The Morgan fingerprint density at radius 2 is 1.81 bits per heavy atom. The average molecular weight is 453 g/mol. The first-order chi connectivity index (χ1) is 15.2. The third kappa shape index (κ3) is 3.76. The number of carbonyl (C=O) groups excluding carboxylic acids is 1. The molecule has 0 saturated heterocycles. The van der Waals surface area contributed by atoms with E-state index >= 15 is 0 Å². The van der Waals surface area contributed by atoms with E-state index in [1.54, 1.807) is 36.1 Å². The smallest absolute Gasteiger partial charge is 0.270 e. The lowest BCUT2D eigenvalue weighted by Gasteiger charge is -2.20. The molecule has 1 aliphatic rings. The molecule has 1 heterocycles. The van der Waals surface area contributed by atoms with Gasteiger partial charge in [0.05, 0.1) is 21.1 Å². The number of anilines is 2. The van der Waals surface area contributed by atoms with E-state index < -0.39 is 14.9 Å². The Hall–Kier alpha value is -3.92.